The molecule has 112 valence electrons. The maximum atomic E-state index is 12.3. The zero-order valence-electron chi connectivity index (χ0n) is 11.4. The molecule has 21 heavy (non-hydrogen) atoms. The number of esters is 1. The van der Waals surface area contributed by atoms with E-state index in [0.717, 1.165) is 27.7 Å². The van der Waals surface area contributed by atoms with Crippen LogP contribution in [0.3, 0.4) is 0 Å². The van der Waals surface area contributed by atoms with Crippen LogP contribution in [-0.4, -0.2) is 41.4 Å². The molecule has 1 aromatic carbocycles. The minimum atomic E-state index is -3.77. The van der Waals surface area contributed by atoms with Crippen LogP contribution in [-0.2, 0) is 19.6 Å². The van der Waals surface area contributed by atoms with Gasteiger partial charge < -0.3 is 4.74 Å². The third-order valence-corrected chi connectivity index (χ3v) is 4.92. The van der Waals surface area contributed by atoms with Crippen molar-refractivity contribution >= 4 is 27.8 Å². The Labute approximate surface area is 126 Å². The average Bonchev–Trinajstić information content (AvgIpc) is 2.95. The summed E-state index contributed by atoms with van der Waals surface area (Å²) in [5.41, 5.74) is 0.960. The maximum absolute atomic E-state index is 12.3. The molecule has 0 saturated heterocycles. The Kier molecular flexibility index (Phi) is 4.63. The first-order valence-electron chi connectivity index (χ1n) is 5.87. The minimum Gasteiger partial charge on any atom is -0.468 e. The van der Waals surface area contributed by atoms with Gasteiger partial charge in [-0.2, -0.15) is 8.42 Å². The summed E-state index contributed by atoms with van der Waals surface area (Å²) in [6.07, 6.45) is 1.11. The molecule has 1 aromatic heterocycles. The summed E-state index contributed by atoms with van der Waals surface area (Å²) < 4.78 is 29.9. The monoisotopic (exact) mass is 327 g/mol. The predicted octanol–water partition coefficient (Wildman–Crippen LogP) is 1.09. The highest BCUT2D eigenvalue weighted by atomic mass is 32.2. The number of hydrogen-bond acceptors (Lipinski definition) is 7. The van der Waals surface area contributed by atoms with Crippen molar-refractivity contribution in [3.05, 3.63) is 36.2 Å². The number of carbonyl (C=O) groups is 1. The van der Waals surface area contributed by atoms with Crippen molar-refractivity contribution in [1.29, 1.82) is 0 Å². The second-order valence-electron chi connectivity index (χ2n) is 4.08. The third kappa shape index (κ3) is 3.61. The van der Waals surface area contributed by atoms with Gasteiger partial charge in [-0.05, 0) is 19.1 Å². The van der Waals surface area contributed by atoms with Crippen molar-refractivity contribution < 1.29 is 17.9 Å². The van der Waals surface area contributed by atoms with E-state index >= 15 is 0 Å². The van der Waals surface area contributed by atoms with Crippen molar-refractivity contribution in [3.63, 3.8) is 0 Å². The highest BCUT2D eigenvalue weighted by Gasteiger charge is 2.19. The molecule has 2 rings (SSSR count). The van der Waals surface area contributed by atoms with Crippen LogP contribution in [0.2, 0.25) is 0 Å². The first kappa shape index (κ1) is 15.5. The van der Waals surface area contributed by atoms with E-state index < -0.39 is 16.0 Å². The second-order valence-corrected chi connectivity index (χ2v) is 6.82. The van der Waals surface area contributed by atoms with Gasteiger partial charge in [0, 0.05) is 0 Å². The fourth-order valence-electron chi connectivity index (χ4n) is 1.42. The summed E-state index contributed by atoms with van der Waals surface area (Å²) in [5, 5.41) is 4.05. The number of benzene rings is 1. The van der Waals surface area contributed by atoms with E-state index in [0.29, 0.717) is 0 Å². The van der Waals surface area contributed by atoms with Gasteiger partial charge in [0.1, 0.15) is 6.33 Å². The zero-order chi connectivity index (χ0) is 15.5. The molecule has 0 amide bonds. The van der Waals surface area contributed by atoms with Crippen LogP contribution in [0.25, 0.3) is 0 Å². The number of rotatable bonds is 5. The van der Waals surface area contributed by atoms with Crippen molar-refractivity contribution in [2.24, 2.45) is 0 Å². The second kappa shape index (κ2) is 6.27. The van der Waals surface area contributed by atoms with Crippen LogP contribution in [0.4, 0.5) is 0 Å². The summed E-state index contributed by atoms with van der Waals surface area (Å²) in [7, 11) is -2.49. The lowest BCUT2D eigenvalue weighted by Gasteiger charge is -2.03. The maximum Gasteiger partial charge on any atom is 0.316 e. The summed E-state index contributed by atoms with van der Waals surface area (Å²) in [5.74, 6) is -0.414. The van der Waals surface area contributed by atoms with E-state index in [1.54, 1.807) is 12.1 Å². The van der Waals surface area contributed by atoms with Gasteiger partial charge in [0.15, 0.2) is 0 Å². The average molecular weight is 327 g/mol. The number of nitrogens with zero attached hydrogens (tertiary/aromatic N) is 3. The van der Waals surface area contributed by atoms with Crippen LogP contribution in [0.5, 0.6) is 0 Å². The molecule has 0 radical (unpaired) electrons. The molecule has 7 nitrogen and oxygen atoms in total. The Morgan fingerprint density at radius 3 is 2.62 bits per heavy atom. The summed E-state index contributed by atoms with van der Waals surface area (Å²) in [6, 6.07) is 6.43. The number of hydrogen-bond donors (Lipinski definition) is 0. The van der Waals surface area contributed by atoms with Gasteiger partial charge in [-0.3, -0.25) is 4.79 Å². The Morgan fingerprint density at radius 1 is 1.33 bits per heavy atom. The molecule has 0 unspecified atom stereocenters. The molecule has 1 heterocycles. The third-order valence-electron chi connectivity index (χ3n) is 2.56. The van der Waals surface area contributed by atoms with E-state index in [9.17, 15) is 13.2 Å². The molecule has 0 aliphatic carbocycles. The molecule has 0 bridgehead atoms. The highest BCUT2D eigenvalue weighted by molar-refractivity contribution is 7.99. The van der Waals surface area contributed by atoms with Crippen LogP contribution in [0.1, 0.15) is 5.56 Å². The Morgan fingerprint density at radius 2 is 2.00 bits per heavy atom. The molecule has 0 saturated carbocycles. The quantitative estimate of drug-likeness (QED) is 0.599. The fraction of sp³-hybridized carbons (Fsp3) is 0.250. The molecule has 0 spiro atoms. The number of carbonyl (C=O) groups excluding carboxylic acids is 1. The van der Waals surface area contributed by atoms with Crippen molar-refractivity contribution in [3.8, 4) is 0 Å². The molecule has 0 atom stereocenters. The zero-order valence-corrected chi connectivity index (χ0v) is 13.0. The number of aromatic nitrogens is 3. The van der Waals surface area contributed by atoms with Gasteiger partial charge in [0.2, 0.25) is 5.16 Å². The molecule has 9 heteroatoms. The lowest BCUT2D eigenvalue weighted by atomic mass is 10.2. The molecule has 0 fully saturated rings. The summed E-state index contributed by atoms with van der Waals surface area (Å²) in [4.78, 5) is 15.0. The van der Waals surface area contributed by atoms with Crippen LogP contribution in [0.15, 0.2) is 40.6 Å². The Hall–Kier alpha value is -1.87. The lowest BCUT2D eigenvalue weighted by Crippen LogP contribution is -2.13. The number of aryl methyl sites for hydroxylation is 1. The fourth-order valence-corrected chi connectivity index (χ4v) is 3.15. The van der Waals surface area contributed by atoms with E-state index in [-0.39, 0.29) is 15.8 Å². The number of methoxy groups -OCH3 is 1. The topological polar surface area (TPSA) is 91.1 Å². The van der Waals surface area contributed by atoms with Crippen LogP contribution in [0, 0.1) is 6.92 Å². The number of ether oxygens (including phenoxy) is 1. The van der Waals surface area contributed by atoms with Gasteiger partial charge >= 0.3 is 5.97 Å². The first-order valence-corrected chi connectivity index (χ1v) is 8.29. The smallest absolute Gasteiger partial charge is 0.316 e. The normalized spacial score (nSPS) is 11.3. The van der Waals surface area contributed by atoms with Gasteiger partial charge in [-0.15, -0.1) is 9.19 Å². The summed E-state index contributed by atoms with van der Waals surface area (Å²) in [6.45, 7) is 1.87. The van der Waals surface area contributed by atoms with Gasteiger partial charge in [0.25, 0.3) is 10.0 Å². The van der Waals surface area contributed by atoms with E-state index in [4.69, 9.17) is 0 Å². The molecule has 0 aliphatic rings. The van der Waals surface area contributed by atoms with Gasteiger partial charge in [-0.25, -0.2) is 4.98 Å². The number of thioether (sulfide) groups is 1. The molecular formula is C12H13N3O4S2. The van der Waals surface area contributed by atoms with E-state index in [2.05, 4.69) is 14.8 Å². The first-order chi connectivity index (χ1) is 9.93. The van der Waals surface area contributed by atoms with Gasteiger partial charge in [0.05, 0.1) is 17.8 Å². The molecular weight excluding hydrogens is 314 g/mol. The largest absolute Gasteiger partial charge is 0.468 e. The predicted molar refractivity (Wildman–Crippen MR) is 76.5 cm³/mol. The molecule has 0 aliphatic heterocycles. The van der Waals surface area contributed by atoms with Crippen molar-refractivity contribution in [1.82, 2.24) is 14.2 Å². The summed E-state index contributed by atoms with van der Waals surface area (Å²) >= 11 is 1.01. The van der Waals surface area contributed by atoms with E-state index in [1.165, 1.54) is 19.2 Å². The van der Waals surface area contributed by atoms with Crippen LogP contribution >= 0.6 is 11.8 Å². The SMILES string of the molecule is COC(=O)CSc1ncn(S(=O)(=O)c2ccc(C)cc2)n1. The van der Waals surface area contributed by atoms with Crippen LogP contribution < -0.4 is 0 Å². The van der Waals surface area contributed by atoms with Crippen molar-refractivity contribution in [2.45, 2.75) is 17.0 Å². The Bertz CT molecular complexity index is 738. The highest BCUT2D eigenvalue weighted by Crippen LogP contribution is 2.16. The lowest BCUT2D eigenvalue weighted by molar-refractivity contribution is -0.137. The standard InChI is InChI=1S/C12H13N3O4S2/c1-9-3-5-10(6-4-9)21(17,18)15-8-13-12(14-15)20-7-11(16)19-2/h3-6,8H,7H2,1-2H3. The van der Waals surface area contributed by atoms with E-state index in [1.807, 2.05) is 6.92 Å². The van der Waals surface area contributed by atoms with Crippen molar-refractivity contribution in [2.75, 3.05) is 12.9 Å². The minimum absolute atomic E-state index is 0.0189. The Balaban J connectivity index is 2.20. The molecule has 2 aromatic rings. The molecule has 0 N–H and O–H groups in total. The van der Waals surface area contributed by atoms with Gasteiger partial charge in [-0.1, -0.05) is 29.5 Å².